The molecule has 1 aromatic rings. The fourth-order valence-corrected chi connectivity index (χ4v) is 2.13. The number of carbonyl (C=O) groups excluding carboxylic acids is 2. The summed E-state index contributed by atoms with van der Waals surface area (Å²) < 4.78 is 5.39. The summed E-state index contributed by atoms with van der Waals surface area (Å²) >= 11 is 3.31. The fraction of sp³-hybridized carbons (Fsp3) is 0.533. The maximum atomic E-state index is 12.5. The molecule has 0 fully saturated rings. The third kappa shape index (κ3) is 6.25. The number of ether oxygens (including phenoxy) is 1. The molecule has 0 aromatic carbocycles. The Morgan fingerprint density at radius 1 is 1.33 bits per heavy atom. The van der Waals surface area contributed by atoms with E-state index in [1.165, 1.54) is 13.3 Å². The molecule has 0 aliphatic rings. The summed E-state index contributed by atoms with van der Waals surface area (Å²) in [6, 6.07) is 1.73. The van der Waals surface area contributed by atoms with E-state index in [1.54, 1.807) is 17.2 Å². The van der Waals surface area contributed by atoms with Crippen LogP contribution in [-0.4, -0.2) is 42.0 Å². The van der Waals surface area contributed by atoms with Crippen molar-refractivity contribution in [2.45, 2.75) is 26.7 Å². The van der Waals surface area contributed by atoms with Crippen LogP contribution in [-0.2, 0) is 9.53 Å². The van der Waals surface area contributed by atoms with E-state index < -0.39 is 0 Å². The zero-order valence-corrected chi connectivity index (χ0v) is 14.2. The molecule has 6 heteroatoms. The third-order valence-electron chi connectivity index (χ3n) is 3.03. The average molecular weight is 357 g/mol. The van der Waals surface area contributed by atoms with E-state index in [9.17, 15) is 9.59 Å². The van der Waals surface area contributed by atoms with Gasteiger partial charge in [-0.1, -0.05) is 13.8 Å². The van der Waals surface area contributed by atoms with Gasteiger partial charge in [-0.3, -0.25) is 14.6 Å². The number of aromatic nitrogens is 1. The van der Waals surface area contributed by atoms with Gasteiger partial charge in [0.05, 0.1) is 19.1 Å². The monoisotopic (exact) mass is 356 g/mol. The minimum Gasteiger partial charge on any atom is -0.469 e. The fourth-order valence-electron chi connectivity index (χ4n) is 1.77. The Labute approximate surface area is 133 Å². The van der Waals surface area contributed by atoms with Crippen LogP contribution in [0.25, 0.3) is 0 Å². The maximum absolute atomic E-state index is 12.5. The Bertz CT molecular complexity index is 492. The SMILES string of the molecule is COC(=O)CCN(CCC(C)C)C(=O)c1cncc(Br)c1. The molecular weight excluding hydrogens is 336 g/mol. The van der Waals surface area contributed by atoms with Gasteiger partial charge in [0.1, 0.15) is 0 Å². The molecule has 0 saturated carbocycles. The van der Waals surface area contributed by atoms with Crippen molar-refractivity contribution in [2.75, 3.05) is 20.2 Å². The van der Waals surface area contributed by atoms with Crippen LogP contribution in [0.15, 0.2) is 22.9 Å². The second-order valence-electron chi connectivity index (χ2n) is 5.19. The highest BCUT2D eigenvalue weighted by Gasteiger charge is 2.18. The van der Waals surface area contributed by atoms with Crippen LogP contribution < -0.4 is 0 Å². The number of rotatable bonds is 7. The largest absolute Gasteiger partial charge is 0.469 e. The van der Waals surface area contributed by atoms with Crippen LogP contribution in [0.3, 0.4) is 0 Å². The van der Waals surface area contributed by atoms with Crippen LogP contribution in [0.1, 0.15) is 37.0 Å². The van der Waals surface area contributed by atoms with Crippen molar-refractivity contribution >= 4 is 27.8 Å². The van der Waals surface area contributed by atoms with E-state index in [0.29, 0.717) is 24.6 Å². The van der Waals surface area contributed by atoms with E-state index in [-0.39, 0.29) is 18.3 Å². The summed E-state index contributed by atoms with van der Waals surface area (Å²) in [6.45, 7) is 5.16. The van der Waals surface area contributed by atoms with Gasteiger partial charge in [0.15, 0.2) is 0 Å². The van der Waals surface area contributed by atoms with Crippen molar-refractivity contribution in [3.8, 4) is 0 Å². The zero-order valence-electron chi connectivity index (χ0n) is 12.6. The van der Waals surface area contributed by atoms with Crippen molar-refractivity contribution in [3.05, 3.63) is 28.5 Å². The van der Waals surface area contributed by atoms with Crippen LogP contribution in [0.5, 0.6) is 0 Å². The van der Waals surface area contributed by atoms with E-state index in [2.05, 4.69) is 39.5 Å². The zero-order chi connectivity index (χ0) is 15.8. The minimum atomic E-state index is -0.315. The molecule has 0 aliphatic heterocycles. The lowest BCUT2D eigenvalue weighted by molar-refractivity contribution is -0.140. The molecule has 0 unspecified atom stereocenters. The molecule has 5 nitrogen and oxygen atoms in total. The third-order valence-corrected chi connectivity index (χ3v) is 3.46. The number of amides is 1. The first-order valence-corrected chi connectivity index (χ1v) is 7.70. The van der Waals surface area contributed by atoms with Crippen LogP contribution in [0, 0.1) is 5.92 Å². The van der Waals surface area contributed by atoms with Crippen molar-refractivity contribution in [3.63, 3.8) is 0 Å². The van der Waals surface area contributed by atoms with Gasteiger partial charge >= 0.3 is 5.97 Å². The Morgan fingerprint density at radius 2 is 2.05 bits per heavy atom. The van der Waals surface area contributed by atoms with Crippen molar-refractivity contribution in [1.82, 2.24) is 9.88 Å². The highest BCUT2D eigenvalue weighted by molar-refractivity contribution is 9.10. The Morgan fingerprint density at radius 3 is 2.62 bits per heavy atom. The number of halogens is 1. The second kappa shape index (κ2) is 8.77. The first kappa shape index (κ1) is 17.6. The average Bonchev–Trinajstić information content (AvgIpc) is 2.46. The molecular formula is C15H21BrN2O3. The van der Waals surface area contributed by atoms with Crippen molar-refractivity contribution < 1.29 is 14.3 Å². The van der Waals surface area contributed by atoms with E-state index in [4.69, 9.17) is 0 Å². The maximum Gasteiger partial charge on any atom is 0.307 e. The van der Waals surface area contributed by atoms with E-state index in [1.807, 2.05) is 0 Å². The Balaban J connectivity index is 2.78. The van der Waals surface area contributed by atoms with Gasteiger partial charge in [0, 0.05) is 30.0 Å². The standard InChI is InChI=1S/C15H21BrN2O3/c1-11(2)4-6-18(7-5-14(19)21-3)15(20)12-8-13(16)10-17-9-12/h8-11H,4-7H2,1-3H3. The second-order valence-corrected chi connectivity index (χ2v) is 6.11. The van der Waals surface area contributed by atoms with E-state index in [0.717, 1.165) is 10.9 Å². The quantitative estimate of drug-likeness (QED) is 0.704. The Hall–Kier alpha value is -1.43. The predicted molar refractivity (Wildman–Crippen MR) is 83.9 cm³/mol. The van der Waals surface area contributed by atoms with Crippen LogP contribution in [0.2, 0.25) is 0 Å². The molecule has 0 N–H and O–H groups in total. The van der Waals surface area contributed by atoms with Gasteiger partial charge in [-0.2, -0.15) is 0 Å². The van der Waals surface area contributed by atoms with Gasteiger partial charge in [-0.15, -0.1) is 0 Å². The first-order valence-electron chi connectivity index (χ1n) is 6.90. The lowest BCUT2D eigenvalue weighted by atomic mass is 10.1. The van der Waals surface area contributed by atoms with Crippen molar-refractivity contribution in [1.29, 1.82) is 0 Å². The number of hydrogen-bond donors (Lipinski definition) is 0. The molecule has 1 rings (SSSR count). The molecule has 1 aromatic heterocycles. The minimum absolute atomic E-state index is 0.117. The lowest BCUT2D eigenvalue weighted by Crippen LogP contribution is -2.34. The van der Waals surface area contributed by atoms with Crippen LogP contribution >= 0.6 is 15.9 Å². The Kier molecular flexibility index (Phi) is 7.36. The highest BCUT2D eigenvalue weighted by Crippen LogP contribution is 2.13. The van der Waals surface area contributed by atoms with Gasteiger partial charge < -0.3 is 9.64 Å². The molecule has 1 heterocycles. The molecule has 1 amide bonds. The number of methoxy groups -OCH3 is 1. The smallest absolute Gasteiger partial charge is 0.307 e. The number of carbonyl (C=O) groups is 2. The summed E-state index contributed by atoms with van der Waals surface area (Å²) in [5.41, 5.74) is 0.512. The molecule has 21 heavy (non-hydrogen) atoms. The lowest BCUT2D eigenvalue weighted by Gasteiger charge is -2.23. The summed E-state index contributed by atoms with van der Waals surface area (Å²) in [6.07, 6.45) is 4.24. The van der Waals surface area contributed by atoms with Crippen LogP contribution in [0.4, 0.5) is 0 Å². The molecule has 0 atom stereocenters. The highest BCUT2D eigenvalue weighted by atomic mass is 79.9. The van der Waals surface area contributed by atoms with Gasteiger partial charge in [0.25, 0.3) is 5.91 Å². The normalized spacial score (nSPS) is 10.5. The number of pyridine rings is 1. The molecule has 0 radical (unpaired) electrons. The summed E-state index contributed by atoms with van der Waals surface area (Å²) in [5.74, 6) is 0.0529. The van der Waals surface area contributed by atoms with Crippen molar-refractivity contribution in [2.24, 2.45) is 5.92 Å². The predicted octanol–water partition coefficient (Wildman–Crippen LogP) is 2.90. The summed E-state index contributed by atoms with van der Waals surface area (Å²) in [7, 11) is 1.35. The van der Waals surface area contributed by atoms with E-state index >= 15 is 0 Å². The van der Waals surface area contributed by atoms with Gasteiger partial charge in [-0.25, -0.2) is 0 Å². The number of esters is 1. The molecule has 0 aliphatic carbocycles. The topological polar surface area (TPSA) is 59.5 Å². The number of hydrogen-bond acceptors (Lipinski definition) is 4. The number of nitrogens with zero attached hydrogens (tertiary/aromatic N) is 2. The first-order chi connectivity index (χ1) is 9.93. The van der Waals surface area contributed by atoms with Gasteiger partial charge in [-0.05, 0) is 34.3 Å². The molecule has 116 valence electrons. The summed E-state index contributed by atoms with van der Waals surface area (Å²) in [4.78, 5) is 29.5. The summed E-state index contributed by atoms with van der Waals surface area (Å²) in [5, 5.41) is 0. The molecule has 0 bridgehead atoms. The van der Waals surface area contributed by atoms with Gasteiger partial charge in [0.2, 0.25) is 0 Å². The molecule has 0 spiro atoms. The molecule has 0 saturated heterocycles.